The minimum absolute atomic E-state index is 0.0362. The van der Waals surface area contributed by atoms with Gasteiger partial charge in [-0.3, -0.25) is 0 Å². The number of carbonyl (C=O) groups is 1. The van der Waals surface area contributed by atoms with Crippen molar-refractivity contribution in [3.63, 3.8) is 0 Å². The van der Waals surface area contributed by atoms with Gasteiger partial charge in [0, 0.05) is 6.07 Å². The molecule has 0 aliphatic carbocycles. The lowest BCUT2D eigenvalue weighted by Crippen LogP contribution is -2.02. The number of carboxylic acids is 1. The fraction of sp³-hybridized carbons (Fsp3) is 0.0870. The maximum absolute atomic E-state index is 11.4. The Labute approximate surface area is 167 Å². The summed E-state index contributed by atoms with van der Waals surface area (Å²) >= 11 is 0. The molecule has 0 saturated carbocycles. The first-order valence-corrected chi connectivity index (χ1v) is 8.69. The number of carboxylic acid groups (broad SMARTS) is 1. The lowest BCUT2D eigenvalue weighted by molar-refractivity contribution is 0.0695. The van der Waals surface area contributed by atoms with Crippen LogP contribution in [0.5, 0.6) is 11.5 Å². The minimum Gasteiger partial charge on any atom is -0.489 e. The number of hydrogen-bond acceptors (Lipinski definition) is 5. The fourth-order valence-electron chi connectivity index (χ4n) is 2.66. The third kappa shape index (κ3) is 5.35. The summed E-state index contributed by atoms with van der Waals surface area (Å²) in [7, 11) is 0. The van der Waals surface area contributed by atoms with Gasteiger partial charge in [-0.2, -0.15) is 10.5 Å². The Hall–Kier alpha value is -4.29. The van der Waals surface area contributed by atoms with E-state index in [2.05, 4.69) is 12.1 Å². The van der Waals surface area contributed by atoms with Gasteiger partial charge in [-0.05, 0) is 47.5 Å². The van der Waals surface area contributed by atoms with Crippen molar-refractivity contribution in [2.75, 3.05) is 0 Å². The quantitative estimate of drug-likeness (QED) is 0.652. The Morgan fingerprint density at radius 1 is 0.793 bits per heavy atom. The van der Waals surface area contributed by atoms with Gasteiger partial charge in [0.2, 0.25) is 0 Å². The van der Waals surface area contributed by atoms with E-state index in [4.69, 9.17) is 20.0 Å². The predicted molar refractivity (Wildman–Crippen MR) is 104 cm³/mol. The zero-order valence-electron chi connectivity index (χ0n) is 15.3. The molecule has 0 bridgehead atoms. The molecule has 0 unspecified atom stereocenters. The van der Waals surface area contributed by atoms with Crippen molar-refractivity contribution in [3.8, 4) is 23.6 Å². The van der Waals surface area contributed by atoms with E-state index in [0.29, 0.717) is 22.6 Å². The highest BCUT2D eigenvalue weighted by Crippen LogP contribution is 2.25. The van der Waals surface area contributed by atoms with Gasteiger partial charge >= 0.3 is 5.97 Å². The van der Waals surface area contributed by atoms with Crippen LogP contribution in [0.3, 0.4) is 0 Å². The highest BCUT2D eigenvalue weighted by Gasteiger charge is 2.10. The van der Waals surface area contributed by atoms with Crippen LogP contribution < -0.4 is 9.47 Å². The van der Waals surface area contributed by atoms with Crippen LogP contribution in [0.1, 0.15) is 32.6 Å². The Bertz CT molecular complexity index is 1050. The molecule has 0 radical (unpaired) electrons. The zero-order chi connectivity index (χ0) is 20.6. The SMILES string of the molecule is N#Cc1cccc(COc2cc(OCc3cccc(C#N)c3)cc(C(=O)O)c2)c1. The average molecular weight is 384 g/mol. The molecule has 0 aliphatic heterocycles. The van der Waals surface area contributed by atoms with Gasteiger partial charge in [-0.25, -0.2) is 4.79 Å². The maximum atomic E-state index is 11.4. The zero-order valence-corrected chi connectivity index (χ0v) is 15.3. The van der Waals surface area contributed by atoms with Gasteiger partial charge in [0.15, 0.2) is 0 Å². The second kappa shape index (κ2) is 9.07. The molecule has 6 nitrogen and oxygen atoms in total. The number of ether oxygens (including phenoxy) is 2. The molecule has 0 spiro atoms. The molecular weight excluding hydrogens is 368 g/mol. The molecule has 3 aromatic carbocycles. The van der Waals surface area contributed by atoms with Crippen molar-refractivity contribution < 1.29 is 19.4 Å². The molecule has 0 saturated heterocycles. The smallest absolute Gasteiger partial charge is 0.335 e. The van der Waals surface area contributed by atoms with Gasteiger partial charge in [0.05, 0.1) is 28.8 Å². The Morgan fingerprint density at radius 3 is 1.69 bits per heavy atom. The molecular formula is C23H16N2O4. The van der Waals surface area contributed by atoms with E-state index in [1.54, 1.807) is 42.5 Å². The topological polar surface area (TPSA) is 103 Å². The standard InChI is InChI=1S/C23H16N2O4/c24-12-16-3-1-5-18(7-16)14-28-21-9-20(23(26)27)10-22(11-21)29-15-19-6-2-4-17(8-19)13-25/h1-11H,14-15H2,(H,26,27). The van der Waals surface area contributed by atoms with Crippen LogP contribution in [0.15, 0.2) is 66.7 Å². The van der Waals surface area contributed by atoms with Crippen LogP contribution in [0.4, 0.5) is 0 Å². The summed E-state index contributed by atoms with van der Waals surface area (Å²) in [5, 5.41) is 27.3. The molecule has 29 heavy (non-hydrogen) atoms. The van der Waals surface area contributed by atoms with Crippen LogP contribution in [-0.4, -0.2) is 11.1 Å². The third-order valence-corrected chi connectivity index (χ3v) is 4.05. The molecule has 1 N–H and O–H groups in total. The first-order valence-electron chi connectivity index (χ1n) is 8.69. The number of nitrogens with zero attached hydrogens (tertiary/aromatic N) is 2. The van der Waals surface area contributed by atoms with Crippen molar-refractivity contribution in [3.05, 3.63) is 94.5 Å². The molecule has 0 aromatic heterocycles. The molecule has 0 atom stereocenters. The summed E-state index contributed by atoms with van der Waals surface area (Å²) in [5.41, 5.74) is 2.66. The van der Waals surface area contributed by atoms with Gasteiger partial charge in [0.25, 0.3) is 0 Å². The lowest BCUT2D eigenvalue weighted by Gasteiger charge is -2.12. The molecule has 142 valence electrons. The first-order chi connectivity index (χ1) is 14.1. The molecule has 0 amide bonds. The second-order valence-corrected chi connectivity index (χ2v) is 6.20. The molecule has 0 fully saturated rings. The van der Waals surface area contributed by atoms with Crippen LogP contribution >= 0.6 is 0 Å². The van der Waals surface area contributed by atoms with Gasteiger partial charge in [-0.1, -0.05) is 24.3 Å². The fourth-order valence-corrected chi connectivity index (χ4v) is 2.66. The van der Waals surface area contributed by atoms with E-state index < -0.39 is 5.97 Å². The Kier molecular flexibility index (Phi) is 6.09. The van der Waals surface area contributed by atoms with Crippen molar-refractivity contribution in [1.82, 2.24) is 0 Å². The van der Waals surface area contributed by atoms with E-state index in [1.807, 2.05) is 12.1 Å². The Balaban J connectivity index is 1.75. The van der Waals surface area contributed by atoms with Crippen LogP contribution in [0.2, 0.25) is 0 Å². The summed E-state index contributed by atoms with van der Waals surface area (Å²) in [6.07, 6.45) is 0. The summed E-state index contributed by atoms with van der Waals surface area (Å²) in [6.45, 7) is 0.366. The largest absolute Gasteiger partial charge is 0.489 e. The number of benzene rings is 3. The van der Waals surface area contributed by atoms with Gasteiger partial charge in [-0.15, -0.1) is 0 Å². The predicted octanol–water partition coefficient (Wildman–Crippen LogP) is 4.29. The van der Waals surface area contributed by atoms with E-state index in [-0.39, 0.29) is 18.8 Å². The maximum Gasteiger partial charge on any atom is 0.335 e. The van der Waals surface area contributed by atoms with Crippen molar-refractivity contribution >= 4 is 5.97 Å². The highest BCUT2D eigenvalue weighted by molar-refractivity contribution is 5.88. The number of rotatable bonds is 7. The number of aromatic carboxylic acids is 1. The van der Waals surface area contributed by atoms with E-state index in [0.717, 1.165) is 11.1 Å². The third-order valence-electron chi connectivity index (χ3n) is 4.05. The highest BCUT2D eigenvalue weighted by atomic mass is 16.5. The van der Waals surface area contributed by atoms with Crippen molar-refractivity contribution in [1.29, 1.82) is 10.5 Å². The van der Waals surface area contributed by atoms with Gasteiger partial charge < -0.3 is 14.6 Å². The summed E-state index contributed by atoms with van der Waals surface area (Å²) in [5.74, 6) is -0.417. The molecule has 6 heteroatoms. The monoisotopic (exact) mass is 384 g/mol. The lowest BCUT2D eigenvalue weighted by atomic mass is 10.1. The van der Waals surface area contributed by atoms with Crippen LogP contribution in [0, 0.1) is 22.7 Å². The second-order valence-electron chi connectivity index (χ2n) is 6.20. The molecule has 3 rings (SSSR count). The average Bonchev–Trinajstić information content (AvgIpc) is 2.76. The van der Waals surface area contributed by atoms with E-state index in [9.17, 15) is 9.90 Å². The molecule has 0 heterocycles. The van der Waals surface area contributed by atoms with Crippen LogP contribution in [-0.2, 0) is 13.2 Å². The van der Waals surface area contributed by atoms with Crippen molar-refractivity contribution in [2.45, 2.75) is 13.2 Å². The summed E-state index contributed by atoms with van der Waals surface area (Å²) in [6, 6.07) is 22.5. The summed E-state index contributed by atoms with van der Waals surface area (Å²) < 4.78 is 11.4. The number of nitriles is 2. The van der Waals surface area contributed by atoms with Crippen LogP contribution in [0.25, 0.3) is 0 Å². The van der Waals surface area contributed by atoms with Crippen molar-refractivity contribution in [2.24, 2.45) is 0 Å². The Morgan fingerprint density at radius 2 is 1.28 bits per heavy atom. The molecule has 0 aliphatic rings. The first kappa shape index (κ1) is 19.5. The number of hydrogen-bond donors (Lipinski definition) is 1. The van der Waals surface area contributed by atoms with E-state index in [1.165, 1.54) is 12.1 Å². The molecule has 3 aromatic rings. The van der Waals surface area contributed by atoms with E-state index >= 15 is 0 Å². The summed E-state index contributed by atoms with van der Waals surface area (Å²) in [4.78, 5) is 11.4. The normalized spacial score (nSPS) is 9.86. The minimum atomic E-state index is -1.10. The van der Waals surface area contributed by atoms with Gasteiger partial charge in [0.1, 0.15) is 24.7 Å².